The average Bonchev–Trinajstić information content (AvgIpc) is 3.51. The van der Waals surface area contributed by atoms with Gasteiger partial charge in [-0.2, -0.15) is 0 Å². The zero-order chi connectivity index (χ0) is 30.0. The number of nitrogens with zero attached hydrogens (tertiary/aromatic N) is 3. The Morgan fingerprint density at radius 3 is 2.45 bits per heavy atom. The van der Waals surface area contributed by atoms with Crippen LogP contribution in [0.15, 0.2) is 71.1 Å². The van der Waals surface area contributed by atoms with Crippen LogP contribution < -0.4 is 19.1 Å². The molecule has 12 heteroatoms. The molecule has 0 amide bonds. The van der Waals surface area contributed by atoms with Crippen molar-refractivity contribution >= 4 is 43.8 Å². The van der Waals surface area contributed by atoms with E-state index in [0.717, 1.165) is 34.6 Å². The number of halogens is 2. The van der Waals surface area contributed by atoms with E-state index in [1.807, 2.05) is 26.2 Å². The number of aromatic nitrogens is 1. The molecule has 0 spiro atoms. The first-order valence-electron chi connectivity index (χ1n) is 13.2. The van der Waals surface area contributed by atoms with Crippen molar-refractivity contribution < 1.29 is 22.3 Å². The fourth-order valence-corrected chi connectivity index (χ4v) is 7.90. The second-order valence-corrected chi connectivity index (χ2v) is 13.3. The van der Waals surface area contributed by atoms with Gasteiger partial charge in [0.05, 0.1) is 31.5 Å². The minimum absolute atomic E-state index is 0.0661. The van der Waals surface area contributed by atoms with Crippen molar-refractivity contribution in [3.05, 3.63) is 93.7 Å². The first kappa shape index (κ1) is 30.1. The van der Waals surface area contributed by atoms with Crippen molar-refractivity contribution in [3.8, 4) is 11.5 Å². The summed E-state index contributed by atoms with van der Waals surface area (Å²) < 4.78 is 55.6. The zero-order valence-electron chi connectivity index (χ0n) is 23.7. The zero-order valence-corrected chi connectivity index (χ0v) is 26.1. The standard InChI is InChI=1S/C30H32ClFN4O4S2/c1-35(2)27-14-20-8-6-5-7-19(20)13-26(27)34-25-17-24(32)29(16-23(25)31)42(37,38)36(30-33-11-12-41-30)18-21-9-10-22(39-3)15-28(21)40-4/h5-12,15-17,26-27,34H,13-14,18H2,1-4H3/t26-,27-/m1/s1. The molecule has 0 saturated carbocycles. The first-order chi connectivity index (χ1) is 20.1. The van der Waals surface area contributed by atoms with Gasteiger partial charge in [0.25, 0.3) is 10.0 Å². The van der Waals surface area contributed by atoms with E-state index in [1.54, 1.807) is 23.6 Å². The number of sulfonamides is 1. The minimum atomic E-state index is -4.43. The molecule has 1 aliphatic rings. The van der Waals surface area contributed by atoms with Crippen molar-refractivity contribution in [2.24, 2.45) is 0 Å². The number of ether oxygens (including phenoxy) is 2. The Morgan fingerprint density at radius 2 is 1.81 bits per heavy atom. The molecule has 0 unspecified atom stereocenters. The lowest BCUT2D eigenvalue weighted by atomic mass is 9.84. The molecule has 42 heavy (non-hydrogen) atoms. The molecular weight excluding hydrogens is 599 g/mol. The van der Waals surface area contributed by atoms with Crippen LogP contribution in [0.25, 0.3) is 0 Å². The molecule has 5 rings (SSSR count). The van der Waals surface area contributed by atoms with Crippen LogP contribution in [0.4, 0.5) is 15.2 Å². The lowest BCUT2D eigenvalue weighted by molar-refractivity contribution is 0.250. The van der Waals surface area contributed by atoms with Crippen LogP contribution >= 0.6 is 22.9 Å². The molecule has 0 saturated heterocycles. The first-order valence-corrected chi connectivity index (χ1v) is 15.9. The summed E-state index contributed by atoms with van der Waals surface area (Å²) in [6.45, 7) is -0.147. The fourth-order valence-electron chi connectivity index (χ4n) is 5.27. The number of likely N-dealkylation sites (N-methyl/N-ethyl adjacent to an activating group) is 1. The summed E-state index contributed by atoms with van der Waals surface area (Å²) >= 11 is 7.78. The van der Waals surface area contributed by atoms with Crippen LogP contribution in [-0.4, -0.2) is 58.7 Å². The van der Waals surface area contributed by atoms with Crippen LogP contribution in [0.1, 0.15) is 16.7 Å². The lowest BCUT2D eigenvalue weighted by Gasteiger charge is -2.38. The van der Waals surface area contributed by atoms with E-state index >= 15 is 4.39 Å². The van der Waals surface area contributed by atoms with Gasteiger partial charge >= 0.3 is 0 Å². The number of methoxy groups -OCH3 is 2. The predicted octanol–water partition coefficient (Wildman–Crippen LogP) is 5.86. The van der Waals surface area contributed by atoms with Gasteiger partial charge in [0.1, 0.15) is 22.2 Å². The number of benzene rings is 3. The Labute approximate surface area is 254 Å². The molecule has 4 aromatic rings. The number of anilines is 2. The maximum atomic E-state index is 15.8. The highest BCUT2D eigenvalue weighted by atomic mass is 35.5. The molecule has 1 N–H and O–H groups in total. The molecular formula is C30H32ClFN4O4S2. The molecule has 1 aliphatic carbocycles. The Hall–Kier alpha value is -3.38. The van der Waals surface area contributed by atoms with Gasteiger partial charge in [-0.25, -0.2) is 22.1 Å². The molecule has 1 aromatic heterocycles. The third kappa shape index (κ3) is 6.05. The molecule has 3 aromatic carbocycles. The second kappa shape index (κ2) is 12.5. The maximum absolute atomic E-state index is 15.8. The van der Waals surface area contributed by atoms with Crippen LogP contribution in [-0.2, 0) is 29.4 Å². The van der Waals surface area contributed by atoms with E-state index in [4.69, 9.17) is 21.1 Å². The quantitative estimate of drug-likeness (QED) is 0.235. The van der Waals surface area contributed by atoms with Crippen molar-refractivity contribution in [3.63, 3.8) is 0 Å². The second-order valence-electron chi connectivity index (χ2n) is 10.2. The average molecular weight is 631 g/mol. The predicted molar refractivity (Wildman–Crippen MR) is 165 cm³/mol. The molecule has 0 radical (unpaired) electrons. The van der Waals surface area contributed by atoms with Gasteiger partial charge in [-0.05, 0) is 62.3 Å². The Kier molecular flexibility index (Phi) is 8.93. The number of rotatable bonds is 10. The molecule has 222 valence electrons. The van der Waals surface area contributed by atoms with Gasteiger partial charge < -0.3 is 19.7 Å². The van der Waals surface area contributed by atoms with Crippen LogP contribution in [0.2, 0.25) is 5.02 Å². The van der Waals surface area contributed by atoms with Gasteiger partial charge in [-0.15, -0.1) is 11.3 Å². The largest absolute Gasteiger partial charge is 0.497 e. The monoisotopic (exact) mass is 630 g/mol. The summed E-state index contributed by atoms with van der Waals surface area (Å²) in [5, 5.41) is 5.34. The fraction of sp³-hybridized carbons (Fsp3) is 0.300. The summed E-state index contributed by atoms with van der Waals surface area (Å²) in [5.74, 6) is 0.0644. The highest BCUT2D eigenvalue weighted by molar-refractivity contribution is 7.93. The van der Waals surface area contributed by atoms with Crippen molar-refractivity contribution in [1.82, 2.24) is 9.88 Å². The molecule has 1 heterocycles. The Morgan fingerprint density at radius 1 is 1.07 bits per heavy atom. The van der Waals surface area contributed by atoms with Gasteiger partial charge in [0, 0.05) is 35.3 Å². The van der Waals surface area contributed by atoms with E-state index in [9.17, 15) is 8.42 Å². The summed E-state index contributed by atoms with van der Waals surface area (Å²) in [7, 11) is 2.60. The third-order valence-corrected chi connectivity index (χ3v) is 10.5. The van der Waals surface area contributed by atoms with E-state index in [1.165, 1.54) is 37.6 Å². The van der Waals surface area contributed by atoms with Crippen LogP contribution in [0.5, 0.6) is 11.5 Å². The minimum Gasteiger partial charge on any atom is -0.497 e. The molecule has 0 bridgehead atoms. The molecule has 0 fully saturated rings. The van der Waals surface area contributed by atoms with Crippen molar-refractivity contribution in [1.29, 1.82) is 0 Å². The summed E-state index contributed by atoms with van der Waals surface area (Å²) in [5.41, 5.74) is 3.39. The van der Waals surface area contributed by atoms with Crippen LogP contribution in [0, 0.1) is 5.82 Å². The van der Waals surface area contributed by atoms with E-state index in [2.05, 4.69) is 27.3 Å². The Balaban J connectivity index is 1.48. The molecule has 8 nitrogen and oxygen atoms in total. The van der Waals surface area contributed by atoms with E-state index in [-0.39, 0.29) is 28.8 Å². The van der Waals surface area contributed by atoms with Gasteiger partial charge in [0.2, 0.25) is 0 Å². The summed E-state index contributed by atoms with van der Waals surface area (Å²) in [6.07, 6.45) is 3.04. The smallest absolute Gasteiger partial charge is 0.269 e. The van der Waals surface area contributed by atoms with Crippen molar-refractivity contribution in [2.45, 2.75) is 36.4 Å². The molecule has 2 atom stereocenters. The van der Waals surface area contributed by atoms with E-state index in [0.29, 0.717) is 22.7 Å². The maximum Gasteiger partial charge on any atom is 0.269 e. The van der Waals surface area contributed by atoms with Crippen molar-refractivity contribution in [2.75, 3.05) is 37.9 Å². The normalized spacial score (nSPS) is 16.6. The van der Waals surface area contributed by atoms with Gasteiger partial charge in [-0.1, -0.05) is 35.9 Å². The number of thiazole rings is 1. The molecule has 0 aliphatic heterocycles. The SMILES string of the molecule is COc1ccc(CN(c2nccs2)S(=O)(=O)c2cc(Cl)c(N[C@@H]3Cc4ccccc4C[C@H]3N(C)C)cc2F)c(OC)c1. The topological polar surface area (TPSA) is 84.0 Å². The Bertz CT molecular complexity index is 1670. The lowest BCUT2D eigenvalue weighted by Crippen LogP contribution is -2.48. The number of hydrogen-bond acceptors (Lipinski definition) is 8. The number of hydrogen-bond donors (Lipinski definition) is 1. The number of fused-ring (bicyclic) bond motifs is 1. The van der Waals surface area contributed by atoms with Gasteiger partial charge in [-0.3, -0.25) is 0 Å². The third-order valence-electron chi connectivity index (χ3n) is 7.49. The highest BCUT2D eigenvalue weighted by Gasteiger charge is 2.34. The van der Waals surface area contributed by atoms with Crippen LogP contribution in [0.3, 0.4) is 0 Å². The van der Waals surface area contributed by atoms with Gasteiger partial charge in [0.15, 0.2) is 5.13 Å². The summed E-state index contributed by atoms with van der Waals surface area (Å²) in [6, 6.07) is 15.7. The van der Waals surface area contributed by atoms with E-state index < -0.39 is 20.7 Å². The summed E-state index contributed by atoms with van der Waals surface area (Å²) in [4.78, 5) is 5.80. The highest BCUT2D eigenvalue weighted by Crippen LogP contribution is 2.36. The number of nitrogens with one attached hydrogen (secondary N) is 1.